The number of ether oxygens (including phenoxy) is 1. The van der Waals surface area contributed by atoms with Crippen molar-refractivity contribution in [3.05, 3.63) is 47.0 Å². The van der Waals surface area contributed by atoms with Gasteiger partial charge in [0.05, 0.1) is 6.10 Å². The van der Waals surface area contributed by atoms with E-state index in [9.17, 15) is 0 Å². The van der Waals surface area contributed by atoms with Crippen LogP contribution in [0.2, 0.25) is 0 Å². The van der Waals surface area contributed by atoms with Crippen LogP contribution in [0, 0.1) is 12.8 Å². The third-order valence-electron chi connectivity index (χ3n) is 5.63. The number of hydrogen-bond donors (Lipinski definition) is 1. The van der Waals surface area contributed by atoms with Gasteiger partial charge in [-0.05, 0) is 25.3 Å². The number of aromatic nitrogens is 1. The standard InChI is InChI=1S/C21H29N5OS.HI/c1-16-4-6-17(7-5-16)19-18(3-2-13-27-19)15-24-20(22)25-9-11-26(12-10-25)21-23-8-14-28-21;/h4-8,14,18-19H,2-3,9-13,15H2,1H3,(H2,22,24);1H. The van der Waals surface area contributed by atoms with Crippen molar-refractivity contribution in [2.75, 3.05) is 44.2 Å². The Morgan fingerprint density at radius 2 is 2.00 bits per heavy atom. The fourth-order valence-corrected chi connectivity index (χ4v) is 4.66. The predicted molar refractivity (Wildman–Crippen MR) is 130 cm³/mol. The Morgan fingerprint density at radius 3 is 2.69 bits per heavy atom. The highest BCUT2D eigenvalue weighted by molar-refractivity contribution is 14.0. The maximum atomic E-state index is 6.34. The van der Waals surface area contributed by atoms with Gasteiger partial charge in [-0.2, -0.15) is 0 Å². The van der Waals surface area contributed by atoms with E-state index in [-0.39, 0.29) is 30.1 Å². The molecule has 2 saturated heterocycles. The number of aliphatic imine (C=N–C) groups is 1. The quantitative estimate of drug-likeness (QED) is 0.374. The van der Waals surface area contributed by atoms with Crippen LogP contribution in [0.1, 0.15) is 30.1 Å². The van der Waals surface area contributed by atoms with Crippen LogP contribution in [-0.4, -0.2) is 55.2 Å². The van der Waals surface area contributed by atoms with Crippen molar-refractivity contribution < 1.29 is 4.74 Å². The molecular formula is C21H30IN5OS. The molecule has 3 heterocycles. The molecule has 6 nitrogen and oxygen atoms in total. The molecule has 29 heavy (non-hydrogen) atoms. The Hall–Kier alpha value is -1.39. The number of nitrogens with zero attached hydrogens (tertiary/aromatic N) is 4. The summed E-state index contributed by atoms with van der Waals surface area (Å²) < 4.78 is 6.11. The molecule has 1 aromatic heterocycles. The summed E-state index contributed by atoms with van der Waals surface area (Å²) in [6.45, 7) is 7.30. The lowest BCUT2D eigenvalue weighted by Crippen LogP contribution is -2.51. The first-order chi connectivity index (χ1) is 13.7. The molecule has 2 fully saturated rings. The van der Waals surface area contributed by atoms with Gasteiger partial charge in [0.25, 0.3) is 0 Å². The number of guanidine groups is 1. The molecule has 2 aromatic rings. The number of benzene rings is 1. The van der Waals surface area contributed by atoms with Crippen LogP contribution in [0.15, 0.2) is 40.8 Å². The molecule has 8 heteroatoms. The number of anilines is 1. The number of hydrogen-bond acceptors (Lipinski definition) is 5. The van der Waals surface area contributed by atoms with E-state index < -0.39 is 0 Å². The molecule has 2 atom stereocenters. The van der Waals surface area contributed by atoms with Crippen LogP contribution >= 0.6 is 35.3 Å². The summed E-state index contributed by atoms with van der Waals surface area (Å²) in [5.41, 5.74) is 8.86. The molecule has 2 aliphatic heterocycles. The van der Waals surface area contributed by atoms with Crippen LogP contribution in [0.5, 0.6) is 0 Å². The molecule has 2 N–H and O–H groups in total. The zero-order valence-corrected chi connectivity index (χ0v) is 20.0. The Bertz CT molecular complexity index is 775. The number of nitrogens with two attached hydrogens (primary N) is 1. The molecule has 158 valence electrons. The second-order valence-electron chi connectivity index (χ2n) is 7.59. The third-order valence-corrected chi connectivity index (χ3v) is 6.46. The number of halogens is 1. The average Bonchev–Trinajstić information content (AvgIpc) is 3.28. The highest BCUT2D eigenvalue weighted by Crippen LogP contribution is 2.34. The molecule has 4 rings (SSSR count). The summed E-state index contributed by atoms with van der Waals surface area (Å²) in [4.78, 5) is 13.7. The van der Waals surface area contributed by atoms with Gasteiger partial charge in [0, 0.05) is 56.8 Å². The predicted octanol–water partition coefficient (Wildman–Crippen LogP) is 3.67. The van der Waals surface area contributed by atoms with Crippen LogP contribution in [0.3, 0.4) is 0 Å². The SMILES string of the molecule is Cc1ccc(C2OCCCC2CN=C(N)N2CCN(c3nccs3)CC2)cc1.I. The molecule has 2 unspecified atom stereocenters. The van der Waals surface area contributed by atoms with Gasteiger partial charge in [-0.25, -0.2) is 4.98 Å². The molecule has 2 aliphatic rings. The lowest BCUT2D eigenvalue weighted by molar-refractivity contribution is -0.0250. The minimum atomic E-state index is 0. The van der Waals surface area contributed by atoms with Crippen LogP contribution in [0.4, 0.5) is 5.13 Å². The molecular weight excluding hydrogens is 497 g/mol. The monoisotopic (exact) mass is 527 g/mol. The van der Waals surface area contributed by atoms with Gasteiger partial charge in [0.1, 0.15) is 0 Å². The zero-order valence-electron chi connectivity index (χ0n) is 16.9. The summed E-state index contributed by atoms with van der Waals surface area (Å²) in [6.07, 6.45) is 4.20. The van der Waals surface area contributed by atoms with E-state index in [1.165, 1.54) is 11.1 Å². The van der Waals surface area contributed by atoms with Crippen molar-refractivity contribution in [1.82, 2.24) is 9.88 Å². The van der Waals surface area contributed by atoms with E-state index >= 15 is 0 Å². The second-order valence-corrected chi connectivity index (χ2v) is 8.47. The number of thiazole rings is 1. The largest absolute Gasteiger partial charge is 0.373 e. The zero-order chi connectivity index (χ0) is 19.3. The molecule has 0 spiro atoms. The topological polar surface area (TPSA) is 67.0 Å². The van der Waals surface area contributed by atoms with E-state index in [4.69, 9.17) is 15.5 Å². The minimum absolute atomic E-state index is 0. The first-order valence-corrected chi connectivity index (χ1v) is 11.0. The summed E-state index contributed by atoms with van der Waals surface area (Å²) in [7, 11) is 0. The average molecular weight is 527 g/mol. The van der Waals surface area contributed by atoms with Crippen molar-refractivity contribution >= 4 is 46.4 Å². The van der Waals surface area contributed by atoms with E-state index in [1.807, 2.05) is 11.6 Å². The second kappa shape index (κ2) is 10.6. The molecule has 0 radical (unpaired) electrons. The maximum Gasteiger partial charge on any atom is 0.191 e. The normalized spacial score (nSPS) is 23.0. The number of piperazine rings is 1. The summed E-state index contributed by atoms with van der Waals surface area (Å²) in [5.74, 6) is 1.04. The van der Waals surface area contributed by atoms with Crippen molar-refractivity contribution in [2.45, 2.75) is 25.9 Å². The number of aryl methyl sites for hydroxylation is 1. The van der Waals surface area contributed by atoms with Crippen molar-refractivity contribution in [3.8, 4) is 0 Å². The van der Waals surface area contributed by atoms with E-state index in [2.05, 4.69) is 46.0 Å². The van der Waals surface area contributed by atoms with Gasteiger partial charge in [-0.15, -0.1) is 35.3 Å². The van der Waals surface area contributed by atoms with E-state index in [0.717, 1.165) is 57.3 Å². The van der Waals surface area contributed by atoms with E-state index in [0.29, 0.717) is 11.9 Å². The smallest absolute Gasteiger partial charge is 0.191 e. The lowest BCUT2D eigenvalue weighted by atomic mass is 9.89. The van der Waals surface area contributed by atoms with Gasteiger partial charge in [0.2, 0.25) is 0 Å². The fraction of sp³-hybridized carbons (Fsp3) is 0.524. The van der Waals surface area contributed by atoms with Crippen molar-refractivity contribution in [2.24, 2.45) is 16.6 Å². The van der Waals surface area contributed by atoms with Crippen LogP contribution < -0.4 is 10.6 Å². The van der Waals surface area contributed by atoms with E-state index in [1.54, 1.807) is 11.3 Å². The first-order valence-electron chi connectivity index (χ1n) is 10.1. The van der Waals surface area contributed by atoms with Gasteiger partial charge in [-0.1, -0.05) is 29.8 Å². The Kier molecular flexibility index (Phi) is 8.14. The van der Waals surface area contributed by atoms with Crippen molar-refractivity contribution in [3.63, 3.8) is 0 Å². The molecule has 0 saturated carbocycles. The summed E-state index contributed by atoms with van der Waals surface area (Å²) >= 11 is 1.69. The van der Waals surface area contributed by atoms with Gasteiger partial charge in [-0.3, -0.25) is 4.99 Å². The third kappa shape index (κ3) is 5.61. The highest BCUT2D eigenvalue weighted by atomic mass is 127. The minimum Gasteiger partial charge on any atom is -0.373 e. The molecule has 1 aromatic carbocycles. The fourth-order valence-electron chi connectivity index (χ4n) is 3.96. The number of rotatable bonds is 4. The Morgan fingerprint density at radius 1 is 1.24 bits per heavy atom. The highest BCUT2D eigenvalue weighted by Gasteiger charge is 2.28. The Balaban J connectivity index is 0.00000240. The Labute approximate surface area is 194 Å². The van der Waals surface area contributed by atoms with Gasteiger partial charge in [0.15, 0.2) is 11.1 Å². The maximum absolute atomic E-state index is 6.34. The summed E-state index contributed by atoms with van der Waals surface area (Å²) in [6, 6.07) is 8.68. The van der Waals surface area contributed by atoms with Crippen LogP contribution in [-0.2, 0) is 4.74 Å². The van der Waals surface area contributed by atoms with Gasteiger partial charge >= 0.3 is 0 Å². The molecule has 0 bridgehead atoms. The van der Waals surface area contributed by atoms with Crippen molar-refractivity contribution in [1.29, 1.82) is 0 Å². The summed E-state index contributed by atoms with van der Waals surface area (Å²) in [5, 5.41) is 3.12. The lowest BCUT2D eigenvalue weighted by Gasteiger charge is -2.35. The molecule has 0 aliphatic carbocycles. The van der Waals surface area contributed by atoms with Crippen LogP contribution in [0.25, 0.3) is 0 Å². The van der Waals surface area contributed by atoms with Gasteiger partial charge < -0.3 is 20.3 Å². The first kappa shape index (κ1) is 22.3. The molecule has 0 amide bonds.